The predicted octanol–water partition coefficient (Wildman–Crippen LogP) is -0.318. The summed E-state index contributed by atoms with van der Waals surface area (Å²) in [5.41, 5.74) is 6.30. The molecule has 1 rings (SSSR count). The number of nitrogens with one attached hydrogen (secondary N) is 1. The van der Waals surface area contributed by atoms with Crippen LogP contribution in [0.4, 0.5) is 0 Å². The first kappa shape index (κ1) is 13.1. The fourth-order valence-electron chi connectivity index (χ4n) is 1.28. The van der Waals surface area contributed by atoms with Crippen molar-refractivity contribution in [2.75, 3.05) is 19.6 Å². The molecular weight excluding hydrogens is 228 g/mol. The van der Waals surface area contributed by atoms with Crippen molar-refractivity contribution in [3.05, 3.63) is 29.8 Å². The zero-order valence-corrected chi connectivity index (χ0v) is 9.66. The van der Waals surface area contributed by atoms with E-state index in [0.29, 0.717) is 6.54 Å². The number of nitrogens with two attached hydrogens (primary N) is 1. The summed E-state index contributed by atoms with van der Waals surface area (Å²) in [4.78, 5) is -0.189. The van der Waals surface area contributed by atoms with Gasteiger partial charge >= 0.3 is 0 Å². The van der Waals surface area contributed by atoms with Gasteiger partial charge in [-0.05, 0) is 30.7 Å². The van der Waals surface area contributed by atoms with Crippen molar-refractivity contribution in [2.24, 2.45) is 5.73 Å². The molecule has 0 aliphatic carbocycles. The Morgan fingerprint density at radius 2 is 1.81 bits per heavy atom. The maximum Gasteiger partial charge on any atom is 0.124 e. The van der Waals surface area contributed by atoms with Crippen molar-refractivity contribution in [1.82, 2.24) is 5.32 Å². The van der Waals surface area contributed by atoms with E-state index >= 15 is 0 Å². The number of benzene rings is 1. The van der Waals surface area contributed by atoms with Crippen molar-refractivity contribution in [3.8, 4) is 0 Å². The Kier molecular flexibility index (Phi) is 4.88. The van der Waals surface area contributed by atoms with Crippen LogP contribution < -0.4 is 11.1 Å². The number of hydrogen-bond acceptors (Lipinski definition) is 5. The highest BCUT2D eigenvalue weighted by Crippen LogP contribution is 2.09. The summed E-state index contributed by atoms with van der Waals surface area (Å²) in [7, 11) is -4.33. The molecule has 0 fully saturated rings. The van der Waals surface area contributed by atoms with Crippen LogP contribution in [0.25, 0.3) is 0 Å². The molecule has 5 nitrogen and oxygen atoms in total. The van der Waals surface area contributed by atoms with Crippen LogP contribution in [0.2, 0.25) is 0 Å². The third-order valence-electron chi connectivity index (χ3n) is 2.12. The molecule has 0 aliphatic rings. The van der Waals surface area contributed by atoms with Crippen LogP contribution in [-0.4, -0.2) is 32.6 Å². The molecule has 1 aromatic carbocycles. The van der Waals surface area contributed by atoms with Gasteiger partial charge in [0.15, 0.2) is 0 Å². The van der Waals surface area contributed by atoms with E-state index in [9.17, 15) is 13.0 Å². The third-order valence-corrected chi connectivity index (χ3v) is 2.97. The van der Waals surface area contributed by atoms with Gasteiger partial charge in [0, 0.05) is 13.1 Å². The lowest BCUT2D eigenvalue weighted by Crippen LogP contribution is -2.24. The highest BCUT2D eigenvalue weighted by Gasteiger charge is 2.00. The third kappa shape index (κ3) is 4.28. The maximum absolute atomic E-state index is 10.7. The normalized spacial score (nSPS) is 11.6. The molecule has 0 saturated heterocycles. The van der Waals surface area contributed by atoms with Crippen LogP contribution in [0, 0.1) is 0 Å². The molecule has 90 valence electrons. The van der Waals surface area contributed by atoms with E-state index in [1.165, 1.54) is 12.1 Å². The summed E-state index contributed by atoms with van der Waals surface area (Å²) in [6.45, 7) is 2.13. The van der Waals surface area contributed by atoms with Crippen LogP contribution in [0.5, 0.6) is 0 Å². The van der Waals surface area contributed by atoms with Crippen LogP contribution >= 0.6 is 0 Å². The quantitative estimate of drug-likeness (QED) is 0.527. The van der Waals surface area contributed by atoms with Crippen molar-refractivity contribution < 1.29 is 13.0 Å². The molecule has 0 saturated carbocycles. The first-order valence-corrected chi connectivity index (χ1v) is 6.40. The first-order chi connectivity index (χ1) is 7.54. The van der Waals surface area contributed by atoms with Gasteiger partial charge in [0.1, 0.15) is 10.1 Å². The van der Waals surface area contributed by atoms with Gasteiger partial charge in [-0.3, -0.25) is 0 Å². The Morgan fingerprint density at radius 3 is 2.31 bits per heavy atom. The van der Waals surface area contributed by atoms with E-state index in [0.717, 1.165) is 25.1 Å². The van der Waals surface area contributed by atoms with E-state index in [1.807, 2.05) is 0 Å². The van der Waals surface area contributed by atoms with Crippen LogP contribution in [0.15, 0.2) is 29.2 Å². The monoisotopic (exact) mass is 243 g/mol. The Morgan fingerprint density at radius 1 is 1.19 bits per heavy atom. The second kappa shape index (κ2) is 5.95. The van der Waals surface area contributed by atoms with Crippen molar-refractivity contribution in [3.63, 3.8) is 0 Å². The Bertz CT molecular complexity index is 414. The van der Waals surface area contributed by atoms with Gasteiger partial charge in [0.2, 0.25) is 0 Å². The molecule has 0 unspecified atom stereocenters. The smallest absolute Gasteiger partial charge is 0.124 e. The highest BCUT2D eigenvalue weighted by atomic mass is 32.2. The minimum Gasteiger partial charge on any atom is -0.744 e. The van der Waals surface area contributed by atoms with Crippen LogP contribution in [0.1, 0.15) is 5.56 Å². The molecule has 0 heterocycles. The zero-order chi connectivity index (χ0) is 12.0. The molecule has 0 atom stereocenters. The van der Waals surface area contributed by atoms with Gasteiger partial charge in [-0.15, -0.1) is 0 Å². The van der Waals surface area contributed by atoms with Crippen LogP contribution in [0.3, 0.4) is 0 Å². The van der Waals surface area contributed by atoms with E-state index in [4.69, 9.17) is 5.73 Å². The number of hydrogen-bond donors (Lipinski definition) is 2. The number of rotatable bonds is 6. The molecule has 6 heteroatoms. The Labute approximate surface area is 95.4 Å². The minimum atomic E-state index is -4.33. The summed E-state index contributed by atoms with van der Waals surface area (Å²) >= 11 is 0. The van der Waals surface area contributed by atoms with Gasteiger partial charge in [0.25, 0.3) is 0 Å². The van der Waals surface area contributed by atoms with Gasteiger partial charge in [-0.25, -0.2) is 8.42 Å². The Hall–Kier alpha value is -0.950. The molecule has 1 aromatic rings. The molecule has 0 radical (unpaired) electrons. The van der Waals surface area contributed by atoms with Crippen LogP contribution in [-0.2, 0) is 16.5 Å². The second-order valence-corrected chi connectivity index (χ2v) is 4.77. The van der Waals surface area contributed by atoms with Crippen molar-refractivity contribution >= 4 is 10.1 Å². The standard InChI is InChI=1S/C10H16N2O3S/c11-6-8-12-7-5-9-1-3-10(4-2-9)16(13,14)15/h1-4,12H,5-8,11H2,(H,13,14,15)/p-1. The molecule has 0 aliphatic heterocycles. The van der Waals surface area contributed by atoms with Gasteiger partial charge in [-0.2, -0.15) is 0 Å². The summed E-state index contributed by atoms with van der Waals surface area (Å²) in [5.74, 6) is 0. The predicted molar refractivity (Wildman–Crippen MR) is 60.0 cm³/mol. The molecule has 0 spiro atoms. The van der Waals surface area contributed by atoms with E-state index < -0.39 is 10.1 Å². The van der Waals surface area contributed by atoms with Gasteiger partial charge in [-0.1, -0.05) is 12.1 Å². The highest BCUT2D eigenvalue weighted by molar-refractivity contribution is 7.85. The largest absolute Gasteiger partial charge is 0.744 e. The SMILES string of the molecule is NCCNCCc1ccc(S(=O)(=O)[O-])cc1. The van der Waals surface area contributed by atoms with E-state index in [1.54, 1.807) is 12.1 Å². The fourth-order valence-corrected chi connectivity index (χ4v) is 1.75. The fraction of sp³-hybridized carbons (Fsp3) is 0.400. The first-order valence-electron chi connectivity index (χ1n) is 4.99. The molecule has 3 N–H and O–H groups in total. The van der Waals surface area contributed by atoms with E-state index in [-0.39, 0.29) is 4.90 Å². The average Bonchev–Trinajstić information content (AvgIpc) is 2.24. The molecule has 0 aromatic heterocycles. The summed E-state index contributed by atoms with van der Waals surface area (Å²) in [6, 6.07) is 5.96. The molecule has 16 heavy (non-hydrogen) atoms. The van der Waals surface area contributed by atoms with Crippen molar-refractivity contribution in [1.29, 1.82) is 0 Å². The minimum absolute atomic E-state index is 0.189. The molecular formula is C10H15N2O3S-. The van der Waals surface area contributed by atoms with Gasteiger partial charge < -0.3 is 15.6 Å². The summed E-state index contributed by atoms with van der Waals surface area (Å²) in [5, 5.41) is 3.12. The lowest BCUT2D eigenvalue weighted by atomic mass is 10.1. The van der Waals surface area contributed by atoms with Crippen molar-refractivity contribution in [2.45, 2.75) is 11.3 Å². The maximum atomic E-state index is 10.7. The molecule has 0 bridgehead atoms. The van der Waals surface area contributed by atoms with E-state index in [2.05, 4.69) is 5.32 Å². The molecule has 0 amide bonds. The lowest BCUT2D eigenvalue weighted by molar-refractivity contribution is 0.463. The average molecular weight is 243 g/mol. The Balaban J connectivity index is 2.52. The zero-order valence-electron chi connectivity index (χ0n) is 8.85. The summed E-state index contributed by atoms with van der Waals surface area (Å²) in [6.07, 6.45) is 0.777. The van der Waals surface area contributed by atoms with Gasteiger partial charge in [0.05, 0.1) is 4.90 Å². The topological polar surface area (TPSA) is 95.2 Å². The lowest BCUT2D eigenvalue weighted by Gasteiger charge is -2.08. The summed E-state index contributed by atoms with van der Waals surface area (Å²) < 4.78 is 32.0. The second-order valence-electron chi connectivity index (χ2n) is 3.39.